The molecule has 30 heavy (non-hydrogen) atoms. The monoisotopic (exact) mass is 422 g/mol. The molecule has 6 nitrogen and oxygen atoms in total. The average Bonchev–Trinajstić information content (AvgIpc) is 2.77. The summed E-state index contributed by atoms with van der Waals surface area (Å²) in [4.78, 5) is 23.2. The van der Waals surface area contributed by atoms with Crippen molar-refractivity contribution in [2.75, 3.05) is 11.4 Å². The summed E-state index contributed by atoms with van der Waals surface area (Å²) in [7, 11) is 0. The zero-order valence-electron chi connectivity index (χ0n) is 16.9. The topological polar surface area (TPSA) is 67.4 Å². The van der Waals surface area contributed by atoms with Gasteiger partial charge in [-0.3, -0.25) is 9.69 Å². The molecule has 154 valence electrons. The molecular weight excluding hydrogens is 400 g/mol. The first-order valence-corrected chi connectivity index (χ1v) is 10.1. The molecule has 0 saturated heterocycles. The van der Waals surface area contributed by atoms with Crippen molar-refractivity contribution < 1.29 is 9.53 Å². The van der Waals surface area contributed by atoms with Crippen LogP contribution in [0, 0.1) is 0 Å². The lowest BCUT2D eigenvalue weighted by molar-refractivity contribution is -0.113. The van der Waals surface area contributed by atoms with E-state index in [0.717, 1.165) is 6.54 Å². The van der Waals surface area contributed by atoms with Crippen molar-refractivity contribution in [3.05, 3.63) is 83.9 Å². The van der Waals surface area contributed by atoms with E-state index in [9.17, 15) is 4.79 Å². The predicted molar refractivity (Wildman–Crippen MR) is 119 cm³/mol. The van der Waals surface area contributed by atoms with Gasteiger partial charge >= 0.3 is 0 Å². The van der Waals surface area contributed by atoms with Crippen molar-refractivity contribution in [1.29, 1.82) is 0 Å². The Labute approximate surface area is 181 Å². The molecule has 3 rings (SSSR count). The van der Waals surface area contributed by atoms with Gasteiger partial charge in [0.05, 0.1) is 5.69 Å². The highest BCUT2D eigenvalue weighted by molar-refractivity contribution is 6.30. The first-order chi connectivity index (χ1) is 14.6. The van der Waals surface area contributed by atoms with Gasteiger partial charge in [-0.25, -0.2) is 9.97 Å². The van der Waals surface area contributed by atoms with Gasteiger partial charge in [-0.2, -0.15) is 0 Å². The Morgan fingerprint density at radius 2 is 1.73 bits per heavy atom. The van der Waals surface area contributed by atoms with Crippen LogP contribution in [0.4, 0.5) is 11.5 Å². The number of benzene rings is 2. The Morgan fingerprint density at radius 1 is 1.07 bits per heavy atom. The Kier molecular flexibility index (Phi) is 7.40. The minimum atomic E-state index is -0.219. The van der Waals surface area contributed by atoms with Gasteiger partial charge in [0.15, 0.2) is 0 Å². The fourth-order valence-electron chi connectivity index (χ4n) is 2.68. The highest BCUT2D eigenvalue weighted by atomic mass is 35.5. The smallest absolute Gasteiger partial charge is 0.258 e. The van der Waals surface area contributed by atoms with Gasteiger partial charge in [-0.15, -0.1) is 0 Å². The third-order valence-electron chi connectivity index (χ3n) is 4.15. The molecule has 0 unspecified atom stereocenters. The number of aromatic nitrogens is 2. The molecule has 0 bridgehead atoms. The van der Waals surface area contributed by atoms with Crippen LogP contribution >= 0.6 is 11.6 Å². The molecule has 0 spiro atoms. The van der Waals surface area contributed by atoms with Crippen molar-refractivity contribution in [2.24, 2.45) is 0 Å². The van der Waals surface area contributed by atoms with Crippen LogP contribution in [0.3, 0.4) is 0 Å². The van der Waals surface area contributed by atoms with Gasteiger partial charge in [0.2, 0.25) is 0 Å². The Bertz CT molecular complexity index is 1000. The lowest BCUT2D eigenvalue weighted by Gasteiger charge is -2.21. The predicted octanol–water partition coefficient (Wildman–Crippen LogP) is 5.27. The van der Waals surface area contributed by atoms with Crippen LogP contribution < -0.4 is 15.0 Å². The van der Waals surface area contributed by atoms with Crippen molar-refractivity contribution >= 4 is 29.0 Å². The fourth-order valence-corrected chi connectivity index (χ4v) is 2.81. The summed E-state index contributed by atoms with van der Waals surface area (Å²) in [6.07, 6.45) is 5.45. The lowest BCUT2D eigenvalue weighted by Crippen LogP contribution is -2.25. The van der Waals surface area contributed by atoms with Gasteiger partial charge in [0, 0.05) is 36.5 Å². The molecular formula is C23H23ClN4O2. The molecule has 7 heteroatoms. The van der Waals surface area contributed by atoms with E-state index in [4.69, 9.17) is 16.3 Å². The second-order valence-corrected chi connectivity index (χ2v) is 6.74. The maximum atomic E-state index is 12.9. The van der Waals surface area contributed by atoms with Gasteiger partial charge < -0.3 is 10.1 Å². The largest absolute Gasteiger partial charge is 0.457 e. The molecule has 0 saturated carbocycles. The number of hydrogen-bond donors (Lipinski definition) is 1. The van der Waals surface area contributed by atoms with E-state index in [0.29, 0.717) is 40.3 Å². The third-order valence-corrected chi connectivity index (χ3v) is 4.40. The number of ether oxygens (including phenoxy) is 1. The van der Waals surface area contributed by atoms with Crippen molar-refractivity contribution in [3.63, 3.8) is 0 Å². The van der Waals surface area contributed by atoms with Crippen molar-refractivity contribution in [3.8, 4) is 11.5 Å². The molecule has 0 radical (unpaired) electrons. The second kappa shape index (κ2) is 10.4. The summed E-state index contributed by atoms with van der Waals surface area (Å²) in [6.45, 7) is 4.66. The van der Waals surface area contributed by atoms with E-state index in [1.54, 1.807) is 59.8 Å². The van der Waals surface area contributed by atoms with Crippen molar-refractivity contribution in [2.45, 2.75) is 20.3 Å². The summed E-state index contributed by atoms with van der Waals surface area (Å²) < 4.78 is 5.84. The lowest BCUT2D eigenvalue weighted by atomic mass is 10.2. The number of rotatable bonds is 8. The summed E-state index contributed by atoms with van der Waals surface area (Å²) in [5, 5.41) is 3.66. The molecule has 0 aliphatic rings. The quantitative estimate of drug-likeness (QED) is 0.500. The Hall–Kier alpha value is -3.38. The van der Waals surface area contributed by atoms with Crippen LogP contribution in [0.5, 0.6) is 11.5 Å². The van der Waals surface area contributed by atoms with E-state index < -0.39 is 0 Å². The first-order valence-electron chi connectivity index (χ1n) is 9.70. The second-order valence-electron chi connectivity index (χ2n) is 6.30. The number of aryl methyl sites for hydroxylation is 1. The maximum absolute atomic E-state index is 12.9. The van der Waals surface area contributed by atoms with Gasteiger partial charge in [0.25, 0.3) is 5.91 Å². The number of nitrogens with zero attached hydrogens (tertiary/aromatic N) is 3. The van der Waals surface area contributed by atoms with E-state index in [2.05, 4.69) is 15.3 Å². The van der Waals surface area contributed by atoms with Crippen LogP contribution in [0.15, 0.2) is 73.1 Å². The zero-order chi connectivity index (χ0) is 21.3. The molecule has 0 aliphatic carbocycles. The van der Waals surface area contributed by atoms with Crippen molar-refractivity contribution in [1.82, 2.24) is 15.3 Å². The van der Waals surface area contributed by atoms with Gasteiger partial charge in [-0.05, 0) is 61.5 Å². The SMILES string of the molecule is CCNC=CC(=O)N(c1ccc(Oc2ccc(Cl)cc2)cc1)c1ccnc(CC)n1. The number of hydrogen-bond acceptors (Lipinski definition) is 5. The highest BCUT2D eigenvalue weighted by Gasteiger charge is 2.18. The number of nitrogens with one attached hydrogen (secondary N) is 1. The highest BCUT2D eigenvalue weighted by Crippen LogP contribution is 2.29. The minimum Gasteiger partial charge on any atom is -0.457 e. The first kappa shape index (κ1) is 21.3. The molecule has 0 fully saturated rings. The Balaban J connectivity index is 1.88. The van der Waals surface area contributed by atoms with Crippen LogP contribution in [-0.2, 0) is 11.2 Å². The fraction of sp³-hybridized carbons (Fsp3) is 0.174. The number of amides is 1. The van der Waals surface area contributed by atoms with E-state index in [-0.39, 0.29) is 5.91 Å². The number of carbonyl (C=O) groups is 1. The minimum absolute atomic E-state index is 0.219. The number of carbonyl (C=O) groups excluding carboxylic acids is 1. The van der Waals surface area contributed by atoms with E-state index in [1.807, 2.05) is 26.0 Å². The standard InChI is InChI=1S/C23H23ClN4O2/c1-3-21-26-16-13-22(27-21)28(23(29)14-15-25-4-2)18-7-11-20(12-8-18)30-19-9-5-17(24)6-10-19/h5-16,25H,3-4H2,1-2H3. The molecule has 2 aromatic carbocycles. The summed E-state index contributed by atoms with van der Waals surface area (Å²) in [5.74, 6) is 2.29. The number of halogens is 1. The molecule has 0 aliphatic heterocycles. The summed E-state index contributed by atoms with van der Waals surface area (Å²) in [5.41, 5.74) is 0.672. The molecule has 1 aromatic heterocycles. The normalized spacial score (nSPS) is 10.8. The van der Waals surface area contributed by atoms with E-state index >= 15 is 0 Å². The van der Waals surface area contributed by atoms with Crippen LogP contribution in [0.25, 0.3) is 0 Å². The molecule has 3 aromatic rings. The summed E-state index contributed by atoms with van der Waals surface area (Å²) >= 11 is 5.91. The van der Waals surface area contributed by atoms with Crippen LogP contribution in [0.2, 0.25) is 5.02 Å². The maximum Gasteiger partial charge on any atom is 0.258 e. The number of anilines is 2. The zero-order valence-corrected chi connectivity index (χ0v) is 17.6. The third kappa shape index (κ3) is 5.58. The molecule has 1 amide bonds. The van der Waals surface area contributed by atoms with E-state index in [1.165, 1.54) is 6.08 Å². The van der Waals surface area contributed by atoms with Gasteiger partial charge in [0.1, 0.15) is 23.1 Å². The van der Waals surface area contributed by atoms with Crippen LogP contribution in [-0.4, -0.2) is 22.4 Å². The molecule has 0 atom stereocenters. The molecule has 1 heterocycles. The van der Waals surface area contributed by atoms with Gasteiger partial charge in [-0.1, -0.05) is 18.5 Å². The average molecular weight is 423 g/mol. The van der Waals surface area contributed by atoms with Crippen LogP contribution in [0.1, 0.15) is 19.7 Å². The summed E-state index contributed by atoms with van der Waals surface area (Å²) in [6, 6.07) is 16.1. The molecule has 1 N–H and O–H groups in total. The Morgan fingerprint density at radius 3 is 2.37 bits per heavy atom.